The van der Waals surface area contributed by atoms with Gasteiger partial charge < -0.3 is 10.6 Å². The highest BCUT2D eigenvalue weighted by atomic mass is 32.1. The third-order valence-corrected chi connectivity index (χ3v) is 6.05. The number of hydrogen-bond acceptors (Lipinski definition) is 5. The molecule has 5 nitrogen and oxygen atoms in total. The largest absolute Gasteiger partial charge is 0.370 e. The lowest BCUT2D eigenvalue weighted by molar-refractivity contribution is -0.119. The fourth-order valence-corrected chi connectivity index (χ4v) is 4.46. The number of benzene rings is 1. The van der Waals surface area contributed by atoms with Crippen molar-refractivity contribution in [1.29, 1.82) is 5.26 Å². The monoisotopic (exact) mass is 382 g/mol. The summed E-state index contributed by atoms with van der Waals surface area (Å²) >= 11 is 1.72. The van der Waals surface area contributed by atoms with Crippen LogP contribution in [0.5, 0.6) is 0 Å². The van der Waals surface area contributed by atoms with Gasteiger partial charge in [0.2, 0.25) is 5.91 Å². The van der Waals surface area contributed by atoms with Crippen molar-refractivity contribution in [2.24, 2.45) is 5.73 Å². The number of carbonyl (C=O) groups is 1. The Bertz CT molecular complexity index is 774. The van der Waals surface area contributed by atoms with Crippen LogP contribution in [0, 0.1) is 11.3 Å². The molecule has 1 atom stereocenters. The van der Waals surface area contributed by atoms with Gasteiger partial charge in [0.05, 0.1) is 11.6 Å². The van der Waals surface area contributed by atoms with E-state index in [0.29, 0.717) is 18.0 Å². The zero-order valence-electron chi connectivity index (χ0n) is 15.7. The van der Waals surface area contributed by atoms with Crippen LogP contribution in [0.25, 0.3) is 0 Å². The molecule has 1 aromatic carbocycles. The Hall–Kier alpha value is -2.36. The lowest BCUT2D eigenvalue weighted by Crippen LogP contribution is -2.48. The van der Waals surface area contributed by atoms with Crippen molar-refractivity contribution in [3.63, 3.8) is 0 Å². The van der Waals surface area contributed by atoms with E-state index in [2.05, 4.69) is 39.6 Å². The second kappa shape index (κ2) is 9.03. The molecule has 0 radical (unpaired) electrons. The minimum atomic E-state index is -0.235. The molecule has 1 aliphatic rings. The molecule has 142 valence electrons. The first-order valence-electron chi connectivity index (χ1n) is 9.37. The summed E-state index contributed by atoms with van der Waals surface area (Å²) in [6, 6.07) is 12.9. The van der Waals surface area contributed by atoms with Crippen LogP contribution >= 0.6 is 11.3 Å². The van der Waals surface area contributed by atoms with Gasteiger partial charge in [0, 0.05) is 43.8 Å². The molecule has 1 saturated heterocycles. The third kappa shape index (κ3) is 5.09. The Morgan fingerprint density at radius 1 is 1.33 bits per heavy atom. The first-order valence-corrected chi connectivity index (χ1v) is 10.3. The number of primary amides is 1. The number of anilines is 1. The smallest absolute Gasteiger partial charge is 0.218 e. The zero-order valence-corrected chi connectivity index (χ0v) is 16.5. The average molecular weight is 383 g/mol. The number of piperidine rings is 1. The van der Waals surface area contributed by atoms with Crippen LogP contribution in [0.3, 0.4) is 0 Å². The topological polar surface area (TPSA) is 73.4 Å². The van der Waals surface area contributed by atoms with Gasteiger partial charge in [-0.2, -0.15) is 16.6 Å². The molecular weight excluding hydrogens is 356 g/mol. The van der Waals surface area contributed by atoms with E-state index in [-0.39, 0.29) is 11.9 Å². The minimum Gasteiger partial charge on any atom is -0.370 e. The van der Waals surface area contributed by atoms with Crippen molar-refractivity contribution < 1.29 is 4.79 Å². The standard InChI is InChI=1S/C21H26N4OS/c1-16(12-21(23)26)24-9-6-20(7-10-24)25(14-18-8-11-27-15-18)19-4-2-17(13-22)3-5-19/h2-5,8,11,15-16,20H,6-7,9-10,12,14H2,1H3,(H2,23,26). The van der Waals surface area contributed by atoms with Crippen molar-refractivity contribution in [3.8, 4) is 6.07 Å². The second-order valence-corrected chi connectivity index (χ2v) is 7.98. The summed E-state index contributed by atoms with van der Waals surface area (Å²) in [7, 11) is 0. The molecule has 0 spiro atoms. The van der Waals surface area contributed by atoms with Gasteiger partial charge in [-0.3, -0.25) is 9.69 Å². The summed E-state index contributed by atoms with van der Waals surface area (Å²) in [6.45, 7) is 4.89. The number of rotatable bonds is 7. The summed E-state index contributed by atoms with van der Waals surface area (Å²) in [5.41, 5.74) is 8.51. The maximum atomic E-state index is 11.2. The van der Waals surface area contributed by atoms with Crippen LogP contribution in [0.15, 0.2) is 41.1 Å². The van der Waals surface area contributed by atoms with E-state index in [9.17, 15) is 4.79 Å². The lowest BCUT2D eigenvalue weighted by Gasteiger charge is -2.41. The maximum absolute atomic E-state index is 11.2. The molecule has 3 rings (SSSR count). The molecule has 2 N–H and O–H groups in total. The zero-order chi connectivity index (χ0) is 19.2. The van der Waals surface area contributed by atoms with Gasteiger partial charge in [-0.1, -0.05) is 0 Å². The Labute approximate surface area is 165 Å². The third-order valence-electron chi connectivity index (χ3n) is 5.32. The number of likely N-dealkylation sites (tertiary alicyclic amines) is 1. The summed E-state index contributed by atoms with van der Waals surface area (Å²) in [6.07, 6.45) is 2.51. The molecule has 1 aromatic heterocycles. The Kier molecular flexibility index (Phi) is 6.49. The van der Waals surface area contributed by atoms with Gasteiger partial charge in [0.25, 0.3) is 0 Å². The molecule has 1 amide bonds. The molecule has 6 heteroatoms. The number of carbonyl (C=O) groups excluding carboxylic acids is 1. The lowest BCUT2D eigenvalue weighted by atomic mass is 9.99. The van der Waals surface area contributed by atoms with E-state index >= 15 is 0 Å². The molecule has 1 aliphatic heterocycles. The molecule has 0 saturated carbocycles. The van der Waals surface area contributed by atoms with Gasteiger partial charge in [-0.15, -0.1) is 0 Å². The first kappa shape index (κ1) is 19.4. The Balaban J connectivity index is 1.71. The predicted molar refractivity (Wildman–Crippen MR) is 110 cm³/mol. The van der Waals surface area contributed by atoms with Crippen molar-refractivity contribution in [2.45, 2.75) is 44.8 Å². The van der Waals surface area contributed by atoms with Crippen LogP contribution in [0.4, 0.5) is 5.69 Å². The highest BCUT2D eigenvalue weighted by Gasteiger charge is 2.27. The molecule has 2 heterocycles. The average Bonchev–Trinajstić information content (AvgIpc) is 3.19. The molecule has 0 aliphatic carbocycles. The van der Waals surface area contributed by atoms with Gasteiger partial charge in [-0.05, 0) is 66.4 Å². The van der Waals surface area contributed by atoms with Crippen LogP contribution in [-0.2, 0) is 11.3 Å². The molecule has 1 unspecified atom stereocenters. The Morgan fingerprint density at radius 3 is 2.59 bits per heavy atom. The van der Waals surface area contributed by atoms with Crippen LogP contribution < -0.4 is 10.6 Å². The summed E-state index contributed by atoms with van der Waals surface area (Å²) in [5, 5.41) is 13.4. The molecule has 1 fully saturated rings. The van der Waals surface area contributed by atoms with E-state index in [1.54, 1.807) is 11.3 Å². The van der Waals surface area contributed by atoms with Gasteiger partial charge in [-0.25, -0.2) is 0 Å². The number of amides is 1. The summed E-state index contributed by atoms with van der Waals surface area (Å²) < 4.78 is 0. The molecular formula is C21H26N4OS. The molecule has 0 bridgehead atoms. The molecule has 27 heavy (non-hydrogen) atoms. The normalized spacial score (nSPS) is 16.6. The van der Waals surface area contributed by atoms with Crippen LogP contribution in [0.1, 0.15) is 37.3 Å². The van der Waals surface area contributed by atoms with Gasteiger partial charge in [0.15, 0.2) is 0 Å². The maximum Gasteiger partial charge on any atom is 0.218 e. The predicted octanol–water partition coefficient (Wildman–Crippen LogP) is 3.35. The van der Waals surface area contributed by atoms with Gasteiger partial charge in [0.1, 0.15) is 0 Å². The number of thiophene rings is 1. The number of hydrogen-bond donors (Lipinski definition) is 1. The van der Waals surface area contributed by atoms with Crippen LogP contribution in [0.2, 0.25) is 0 Å². The highest BCUT2D eigenvalue weighted by molar-refractivity contribution is 7.07. The van der Waals surface area contributed by atoms with Crippen LogP contribution in [-0.4, -0.2) is 36.0 Å². The minimum absolute atomic E-state index is 0.198. The Morgan fingerprint density at radius 2 is 2.04 bits per heavy atom. The SMILES string of the molecule is CC(CC(N)=O)N1CCC(N(Cc2ccsc2)c2ccc(C#N)cc2)CC1. The first-order chi connectivity index (χ1) is 13.1. The van der Waals surface area contributed by atoms with Crippen molar-refractivity contribution in [2.75, 3.05) is 18.0 Å². The summed E-state index contributed by atoms with van der Waals surface area (Å²) in [5.74, 6) is -0.235. The van der Waals surface area contributed by atoms with Crippen molar-refractivity contribution >= 4 is 22.9 Å². The number of nitriles is 1. The van der Waals surface area contributed by atoms with E-state index in [1.165, 1.54) is 5.56 Å². The van der Waals surface area contributed by atoms with E-state index in [1.807, 2.05) is 24.3 Å². The highest BCUT2D eigenvalue weighted by Crippen LogP contribution is 2.27. The number of nitrogens with zero attached hydrogens (tertiary/aromatic N) is 3. The van der Waals surface area contributed by atoms with Gasteiger partial charge >= 0.3 is 0 Å². The van der Waals surface area contributed by atoms with E-state index in [4.69, 9.17) is 11.0 Å². The van der Waals surface area contributed by atoms with E-state index < -0.39 is 0 Å². The fraction of sp³-hybridized carbons (Fsp3) is 0.429. The molecule has 2 aromatic rings. The fourth-order valence-electron chi connectivity index (χ4n) is 3.80. The van der Waals surface area contributed by atoms with Crippen molar-refractivity contribution in [3.05, 3.63) is 52.2 Å². The number of nitrogens with two attached hydrogens (primary N) is 1. The van der Waals surface area contributed by atoms with Crippen molar-refractivity contribution in [1.82, 2.24) is 4.90 Å². The second-order valence-electron chi connectivity index (χ2n) is 7.20. The van der Waals surface area contributed by atoms with E-state index in [0.717, 1.165) is 38.2 Å². The summed E-state index contributed by atoms with van der Waals surface area (Å²) in [4.78, 5) is 16.0. The quantitative estimate of drug-likeness (QED) is 0.797.